The number of carbonyl (C=O) groups is 2. The maximum absolute atomic E-state index is 13.7. The van der Waals surface area contributed by atoms with Gasteiger partial charge in [0, 0.05) is 11.1 Å². The maximum atomic E-state index is 13.7. The van der Waals surface area contributed by atoms with E-state index in [0.717, 1.165) is 17.7 Å². The van der Waals surface area contributed by atoms with Crippen LogP contribution in [0.3, 0.4) is 0 Å². The van der Waals surface area contributed by atoms with Gasteiger partial charge in [0.25, 0.3) is 5.91 Å². The number of nitrogens with zero attached hydrogens (tertiary/aromatic N) is 2. The number of ketones is 1. The van der Waals surface area contributed by atoms with Gasteiger partial charge in [-0.3, -0.25) is 14.5 Å². The van der Waals surface area contributed by atoms with Crippen molar-refractivity contribution in [2.75, 3.05) is 4.90 Å². The first-order valence-electron chi connectivity index (χ1n) is 11.3. The number of benzene rings is 1. The van der Waals surface area contributed by atoms with E-state index in [1.54, 1.807) is 4.90 Å². The summed E-state index contributed by atoms with van der Waals surface area (Å²) in [6.45, 7) is 6.17. The average Bonchev–Trinajstić information content (AvgIpc) is 3.07. The van der Waals surface area contributed by atoms with Crippen LogP contribution in [0, 0.1) is 12.8 Å². The first-order valence-corrected chi connectivity index (χ1v) is 11.7. The summed E-state index contributed by atoms with van der Waals surface area (Å²) in [7, 11) is 0. The minimum Gasteiger partial charge on any atom is -0.483 e. The van der Waals surface area contributed by atoms with Gasteiger partial charge in [0.05, 0.1) is 17.5 Å². The number of hydrogen-bond donors (Lipinski definition) is 0. The molecule has 166 valence electrons. The highest BCUT2D eigenvalue weighted by Gasteiger charge is 2.53. The smallest absolute Gasteiger partial charge is 0.295 e. The Bertz CT molecular complexity index is 1110. The lowest BCUT2D eigenvalue weighted by Crippen LogP contribution is -2.41. The SMILES string of the molecule is Cc1cccc(N2C(=O)C3=C(C(=O)C4CC(Cl)CCC4O3)C2c2ccc(C(C)C)cc2)n1. The van der Waals surface area contributed by atoms with Crippen LogP contribution in [0.4, 0.5) is 5.82 Å². The van der Waals surface area contributed by atoms with Gasteiger partial charge in [-0.05, 0) is 55.4 Å². The predicted molar refractivity (Wildman–Crippen MR) is 124 cm³/mol. The topological polar surface area (TPSA) is 59.5 Å². The molecule has 0 spiro atoms. The largest absolute Gasteiger partial charge is 0.483 e. The molecule has 1 amide bonds. The monoisotopic (exact) mass is 450 g/mol. The first-order chi connectivity index (χ1) is 15.3. The van der Waals surface area contributed by atoms with Crippen molar-refractivity contribution < 1.29 is 14.3 Å². The van der Waals surface area contributed by atoms with Gasteiger partial charge in [-0.15, -0.1) is 11.6 Å². The highest BCUT2D eigenvalue weighted by Crippen LogP contribution is 2.48. The third-order valence-corrected chi connectivity index (χ3v) is 7.22. The molecule has 1 saturated carbocycles. The van der Waals surface area contributed by atoms with Crippen LogP contribution in [-0.4, -0.2) is 28.2 Å². The average molecular weight is 451 g/mol. The summed E-state index contributed by atoms with van der Waals surface area (Å²) in [5.41, 5.74) is 3.34. The van der Waals surface area contributed by atoms with Crippen LogP contribution >= 0.6 is 11.6 Å². The van der Waals surface area contributed by atoms with E-state index in [-0.39, 0.29) is 34.8 Å². The number of aromatic nitrogens is 1. The summed E-state index contributed by atoms with van der Waals surface area (Å²) in [5.74, 6) is 0.490. The Morgan fingerprint density at radius 1 is 1.09 bits per heavy atom. The molecule has 2 aliphatic heterocycles. The van der Waals surface area contributed by atoms with Crippen molar-refractivity contribution in [3.05, 3.63) is 70.6 Å². The summed E-state index contributed by atoms with van der Waals surface area (Å²) >= 11 is 6.40. The van der Waals surface area contributed by atoms with Gasteiger partial charge < -0.3 is 4.74 Å². The highest BCUT2D eigenvalue weighted by molar-refractivity contribution is 6.21. The van der Waals surface area contributed by atoms with E-state index in [4.69, 9.17) is 16.3 Å². The molecule has 4 unspecified atom stereocenters. The fraction of sp³-hybridized carbons (Fsp3) is 0.423. The Kier molecular flexibility index (Phi) is 5.32. The molecular weight excluding hydrogens is 424 g/mol. The number of fused-ring (bicyclic) bond motifs is 1. The molecule has 5 nitrogen and oxygen atoms in total. The lowest BCUT2D eigenvalue weighted by atomic mass is 9.77. The van der Waals surface area contributed by atoms with Crippen molar-refractivity contribution in [3.63, 3.8) is 0 Å². The molecule has 3 aliphatic rings. The number of hydrogen-bond acceptors (Lipinski definition) is 4. The molecule has 1 fully saturated rings. The number of amides is 1. The molecular formula is C26H27ClN2O3. The molecule has 0 radical (unpaired) electrons. The molecule has 6 heteroatoms. The van der Waals surface area contributed by atoms with Crippen molar-refractivity contribution in [1.29, 1.82) is 0 Å². The minimum absolute atomic E-state index is 0.0111. The molecule has 0 saturated heterocycles. The predicted octanol–water partition coefficient (Wildman–Crippen LogP) is 5.23. The fourth-order valence-electron chi connectivity index (χ4n) is 5.09. The van der Waals surface area contributed by atoms with Crippen LogP contribution in [0.5, 0.6) is 0 Å². The molecule has 4 atom stereocenters. The van der Waals surface area contributed by atoms with Gasteiger partial charge in [0.1, 0.15) is 11.9 Å². The van der Waals surface area contributed by atoms with Gasteiger partial charge in [-0.1, -0.05) is 44.2 Å². The number of anilines is 1. The number of rotatable bonds is 3. The number of aryl methyl sites for hydroxylation is 1. The second kappa shape index (κ2) is 8.04. The van der Waals surface area contributed by atoms with Gasteiger partial charge in [-0.2, -0.15) is 0 Å². The van der Waals surface area contributed by atoms with Gasteiger partial charge in [0.15, 0.2) is 11.5 Å². The maximum Gasteiger partial charge on any atom is 0.295 e. The zero-order chi connectivity index (χ0) is 22.6. The Labute approximate surface area is 193 Å². The van der Waals surface area contributed by atoms with E-state index in [9.17, 15) is 9.59 Å². The number of ether oxygens (including phenoxy) is 1. The van der Waals surface area contributed by atoms with E-state index in [1.165, 1.54) is 5.56 Å². The molecule has 2 aromatic rings. The van der Waals surface area contributed by atoms with Gasteiger partial charge in [0.2, 0.25) is 0 Å². The van der Waals surface area contributed by atoms with E-state index in [2.05, 4.69) is 31.0 Å². The van der Waals surface area contributed by atoms with E-state index >= 15 is 0 Å². The van der Waals surface area contributed by atoms with Crippen molar-refractivity contribution in [2.24, 2.45) is 5.92 Å². The Morgan fingerprint density at radius 3 is 2.53 bits per heavy atom. The van der Waals surface area contributed by atoms with Crippen LogP contribution in [-0.2, 0) is 14.3 Å². The molecule has 0 N–H and O–H groups in total. The van der Waals surface area contributed by atoms with Crippen LogP contribution < -0.4 is 4.90 Å². The number of halogens is 1. The fourth-order valence-corrected chi connectivity index (χ4v) is 5.41. The van der Waals surface area contributed by atoms with Crippen molar-refractivity contribution in [3.8, 4) is 0 Å². The molecule has 0 bridgehead atoms. The van der Waals surface area contributed by atoms with Crippen molar-refractivity contribution >= 4 is 29.1 Å². The summed E-state index contributed by atoms with van der Waals surface area (Å²) in [5, 5.41) is -0.0404. The van der Waals surface area contributed by atoms with E-state index < -0.39 is 6.04 Å². The van der Waals surface area contributed by atoms with E-state index in [1.807, 2.05) is 37.3 Å². The second-order valence-electron chi connectivity index (χ2n) is 9.32. The van der Waals surface area contributed by atoms with Crippen LogP contribution in [0.1, 0.15) is 61.9 Å². The highest BCUT2D eigenvalue weighted by atomic mass is 35.5. The zero-order valence-corrected chi connectivity index (χ0v) is 19.3. The second-order valence-corrected chi connectivity index (χ2v) is 9.93. The quantitative estimate of drug-likeness (QED) is 0.600. The normalized spacial score (nSPS) is 27.5. The van der Waals surface area contributed by atoms with E-state index in [0.29, 0.717) is 30.2 Å². The molecule has 1 aliphatic carbocycles. The summed E-state index contributed by atoms with van der Waals surface area (Å²) < 4.78 is 6.22. The van der Waals surface area contributed by atoms with Gasteiger partial charge >= 0.3 is 0 Å². The molecule has 1 aromatic heterocycles. The third kappa shape index (κ3) is 3.43. The standard InChI is InChI=1S/C26H27ClN2O3/c1-14(2)16-7-9-17(10-8-16)23-22-24(30)19-13-18(27)11-12-20(19)32-25(22)26(31)29(23)21-6-4-5-15(3)28-21/h4-10,14,18-20,23H,11-13H2,1-3H3. The number of carbonyl (C=O) groups excluding carboxylic acids is 2. The lowest BCUT2D eigenvalue weighted by Gasteiger charge is -2.37. The Hall–Kier alpha value is -2.66. The summed E-state index contributed by atoms with van der Waals surface area (Å²) in [4.78, 5) is 33.6. The number of Topliss-reactive ketones (excluding diaryl/α,β-unsaturated/α-hetero) is 1. The summed E-state index contributed by atoms with van der Waals surface area (Å²) in [6, 6.07) is 13.2. The first kappa shape index (κ1) is 21.2. The molecule has 5 rings (SSSR count). The molecule has 1 aromatic carbocycles. The Balaban J connectivity index is 1.63. The van der Waals surface area contributed by atoms with Gasteiger partial charge in [-0.25, -0.2) is 4.98 Å². The summed E-state index contributed by atoms with van der Waals surface area (Å²) in [6.07, 6.45) is 1.77. The number of pyridine rings is 1. The third-order valence-electron chi connectivity index (χ3n) is 6.82. The van der Waals surface area contributed by atoms with Crippen molar-refractivity contribution in [2.45, 2.75) is 63.5 Å². The zero-order valence-electron chi connectivity index (χ0n) is 18.5. The van der Waals surface area contributed by atoms with Crippen LogP contribution in [0.2, 0.25) is 0 Å². The molecule has 32 heavy (non-hydrogen) atoms. The lowest BCUT2D eigenvalue weighted by molar-refractivity contribution is -0.131. The van der Waals surface area contributed by atoms with Crippen LogP contribution in [0.25, 0.3) is 0 Å². The minimum atomic E-state index is -0.558. The number of alkyl halides is 1. The van der Waals surface area contributed by atoms with Crippen molar-refractivity contribution in [1.82, 2.24) is 4.98 Å². The molecule has 3 heterocycles. The van der Waals surface area contributed by atoms with Crippen LogP contribution in [0.15, 0.2) is 53.8 Å². The Morgan fingerprint density at radius 2 is 1.84 bits per heavy atom.